The highest BCUT2D eigenvalue weighted by molar-refractivity contribution is 7.89. The van der Waals surface area contributed by atoms with Crippen molar-refractivity contribution < 1.29 is 13.2 Å². The Morgan fingerprint density at radius 3 is 2.73 bits per heavy atom. The summed E-state index contributed by atoms with van der Waals surface area (Å²) in [6, 6.07) is 8.10. The van der Waals surface area contributed by atoms with E-state index < -0.39 is 10.0 Å². The predicted molar refractivity (Wildman–Crippen MR) is 113 cm³/mol. The van der Waals surface area contributed by atoms with Gasteiger partial charge in [-0.3, -0.25) is 14.0 Å². The molecule has 0 spiro atoms. The van der Waals surface area contributed by atoms with Gasteiger partial charge in [-0.25, -0.2) is 13.4 Å². The maximum atomic E-state index is 13.4. The Hall–Kier alpha value is -2.75. The van der Waals surface area contributed by atoms with E-state index in [1.807, 2.05) is 0 Å². The molecule has 0 aliphatic carbocycles. The molecular weight excluding hydrogens is 428 g/mol. The van der Waals surface area contributed by atoms with Gasteiger partial charge in [0.2, 0.25) is 15.9 Å². The van der Waals surface area contributed by atoms with Gasteiger partial charge < -0.3 is 5.32 Å². The maximum absolute atomic E-state index is 13.4. The van der Waals surface area contributed by atoms with Gasteiger partial charge in [-0.1, -0.05) is 17.7 Å². The summed E-state index contributed by atoms with van der Waals surface area (Å²) >= 11 is 6.00. The average molecular weight is 447 g/mol. The SMILES string of the molecule is CC(=O)Nc1ccc(C)cc1S(=O)(=O)N1CCc2nc3ccc(Cl)cn3c(=O)c2C1. The molecule has 0 radical (unpaired) electrons. The zero-order valence-electron chi connectivity index (χ0n) is 16.3. The minimum absolute atomic E-state index is 0.00181. The third-order valence-electron chi connectivity index (χ3n) is 4.96. The van der Waals surface area contributed by atoms with Gasteiger partial charge in [-0.15, -0.1) is 0 Å². The van der Waals surface area contributed by atoms with E-state index in [1.54, 1.807) is 31.2 Å². The minimum Gasteiger partial charge on any atom is -0.325 e. The summed E-state index contributed by atoms with van der Waals surface area (Å²) in [6.07, 6.45) is 1.78. The van der Waals surface area contributed by atoms with Gasteiger partial charge in [0.25, 0.3) is 5.56 Å². The van der Waals surface area contributed by atoms with E-state index in [-0.39, 0.29) is 35.1 Å². The number of hydrogen-bond donors (Lipinski definition) is 1. The molecule has 30 heavy (non-hydrogen) atoms. The number of carbonyl (C=O) groups excluding carboxylic acids is 1. The summed E-state index contributed by atoms with van der Waals surface area (Å²) in [4.78, 5) is 29.0. The number of hydrogen-bond acceptors (Lipinski definition) is 5. The number of rotatable bonds is 3. The first kappa shape index (κ1) is 20.5. The van der Waals surface area contributed by atoms with E-state index >= 15 is 0 Å². The van der Waals surface area contributed by atoms with Gasteiger partial charge in [0.05, 0.1) is 22.0 Å². The Balaban J connectivity index is 1.79. The zero-order chi connectivity index (χ0) is 21.6. The fraction of sp³-hybridized carbons (Fsp3) is 0.250. The van der Waals surface area contributed by atoms with Crippen LogP contribution < -0.4 is 10.9 Å². The molecule has 0 saturated heterocycles. The lowest BCUT2D eigenvalue weighted by molar-refractivity contribution is -0.114. The predicted octanol–water partition coefficient (Wildman–Crippen LogP) is 2.36. The fourth-order valence-electron chi connectivity index (χ4n) is 3.53. The summed E-state index contributed by atoms with van der Waals surface area (Å²) in [6.45, 7) is 3.16. The molecule has 1 aliphatic heterocycles. The number of nitrogens with one attached hydrogen (secondary N) is 1. The first-order valence-corrected chi connectivity index (χ1v) is 11.1. The molecule has 0 bridgehead atoms. The second-order valence-electron chi connectivity index (χ2n) is 7.19. The van der Waals surface area contributed by atoms with Crippen molar-refractivity contribution in [3.05, 3.63) is 68.7 Å². The lowest BCUT2D eigenvalue weighted by Crippen LogP contribution is -2.40. The molecule has 3 aromatic rings. The molecule has 0 unspecified atom stereocenters. The Morgan fingerprint density at radius 2 is 2.00 bits per heavy atom. The van der Waals surface area contributed by atoms with E-state index in [9.17, 15) is 18.0 Å². The number of nitrogens with zero attached hydrogens (tertiary/aromatic N) is 3. The van der Waals surface area contributed by atoms with Gasteiger partial charge in [0.1, 0.15) is 10.5 Å². The van der Waals surface area contributed by atoms with Crippen molar-refractivity contribution >= 4 is 38.9 Å². The number of aryl methyl sites for hydroxylation is 1. The summed E-state index contributed by atoms with van der Waals surface area (Å²) in [5.41, 5.74) is 1.97. The third kappa shape index (κ3) is 3.60. The van der Waals surface area contributed by atoms with Crippen LogP contribution in [0.25, 0.3) is 5.65 Å². The van der Waals surface area contributed by atoms with Crippen LogP contribution in [0.3, 0.4) is 0 Å². The van der Waals surface area contributed by atoms with Crippen molar-refractivity contribution in [1.29, 1.82) is 0 Å². The molecule has 4 rings (SSSR count). The van der Waals surface area contributed by atoms with Crippen molar-refractivity contribution in [2.24, 2.45) is 0 Å². The molecule has 1 aromatic carbocycles. The summed E-state index contributed by atoms with van der Waals surface area (Å²) in [7, 11) is -3.97. The number of halogens is 1. The first-order valence-electron chi connectivity index (χ1n) is 9.25. The van der Waals surface area contributed by atoms with Crippen LogP contribution in [0.1, 0.15) is 23.7 Å². The van der Waals surface area contributed by atoms with E-state index in [0.717, 1.165) is 5.56 Å². The number of sulfonamides is 1. The summed E-state index contributed by atoms with van der Waals surface area (Å²) < 4.78 is 29.4. The third-order valence-corrected chi connectivity index (χ3v) is 7.07. The lowest BCUT2D eigenvalue weighted by Gasteiger charge is -2.28. The number of pyridine rings is 1. The highest BCUT2D eigenvalue weighted by Crippen LogP contribution is 2.29. The molecule has 3 heterocycles. The Bertz CT molecular complexity index is 1350. The first-order chi connectivity index (χ1) is 14.2. The summed E-state index contributed by atoms with van der Waals surface area (Å²) in [5, 5.41) is 2.95. The quantitative estimate of drug-likeness (QED) is 0.665. The van der Waals surface area contributed by atoms with E-state index in [0.29, 0.717) is 28.3 Å². The van der Waals surface area contributed by atoms with E-state index in [2.05, 4.69) is 10.3 Å². The van der Waals surface area contributed by atoms with E-state index in [4.69, 9.17) is 11.6 Å². The highest BCUT2D eigenvalue weighted by atomic mass is 35.5. The molecule has 1 amide bonds. The molecule has 8 nitrogen and oxygen atoms in total. The number of benzene rings is 1. The van der Waals surface area contributed by atoms with Crippen LogP contribution in [0.2, 0.25) is 5.02 Å². The van der Waals surface area contributed by atoms with Gasteiger partial charge in [-0.05, 0) is 36.8 Å². The second kappa shape index (κ2) is 7.50. The van der Waals surface area contributed by atoms with Crippen LogP contribution in [0, 0.1) is 6.92 Å². The topological polar surface area (TPSA) is 101 Å². The molecule has 1 aliphatic rings. The molecule has 0 fully saturated rings. The Kier molecular flexibility index (Phi) is 5.13. The normalized spacial score (nSPS) is 14.5. The average Bonchev–Trinajstić information content (AvgIpc) is 2.69. The molecule has 10 heteroatoms. The number of carbonyl (C=O) groups is 1. The van der Waals surface area contributed by atoms with Crippen LogP contribution in [0.5, 0.6) is 0 Å². The number of fused-ring (bicyclic) bond motifs is 2. The van der Waals surface area contributed by atoms with Crippen molar-refractivity contribution in [2.45, 2.75) is 31.7 Å². The van der Waals surface area contributed by atoms with Crippen molar-refractivity contribution in [3.8, 4) is 0 Å². The summed E-state index contributed by atoms with van der Waals surface area (Å²) in [5.74, 6) is -0.370. The molecule has 0 atom stereocenters. The van der Waals surface area contributed by atoms with Crippen molar-refractivity contribution in [1.82, 2.24) is 13.7 Å². The largest absolute Gasteiger partial charge is 0.325 e. The standard InChI is InChI=1S/C20H19ClN4O4S/c1-12-3-5-17(22-13(2)26)18(9-12)30(28,29)24-8-7-16-15(11-24)20(27)25-10-14(21)4-6-19(25)23-16/h3-6,9-10H,7-8,11H2,1-2H3,(H,22,26). The van der Waals surface area contributed by atoms with Crippen LogP contribution >= 0.6 is 11.6 Å². The molecule has 2 aromatic heterocycles. The molecule has 156 valence electrons. The lowest BCUT2D eigenvalue weighted by atomic mass is 10.1. The monoisotopic (exact) mass is 446 g/mol. The molecule has 0 saturated carbocycles. The minimum atomic E-state index is -3.97. The fourth-order valence-corrected chi connectivity index (χ4v) is 5.33. The Morgan fingerprint density at radius 1 is 1.23 bits per heavy atom. The van der Waals surface area contributed by atoms with Gasteiger partial charge in [0.15, 0.2) is 0 Å². The highest BCUT2D eigenvalue weighted by Gasteiger charge is 2.32. The number of amides is 1. The smallest absolute Gasteiger partial charge is 0.262 e. The van der Waals surface area contributed by atoms with Crippen LogP contribution in [-0.4, -0.2) is 34.6 Å². The molecular formula is C20H19ClN4O4S. The Labute approximate surface area is 178 Å². The van der Waals surface area contributed by atoms with Gasteiger partial charge in [0, 0.05) is 32.6 Å². The van der Waals surface area contributed by atoms with Crippen LogP contribution in [0.4, 0.5) is 5.69 Å². The zero-order valence-corrected chi connectivity index (χ0v) is 17.9. The molecule has 1 N–H and O–H groups in total. The number of aromatic nitrogens is 2. The van der Waals surface area contributed by atoms with Gasteiger partial charge >= 0.3 is 0 Å². The number of anilines is 1. The van der Waals surface area contributed by atoms with Gasteiger partial charge in [-0.2, -0.15) is 4.31 Å². The van der Waals surface area contributed by atoms with Crippen LogP contribution in [-0.2, 0) is 27.8 Å². The van der Waals surface area contributed by atoms with Crippen LogP contribution in [0.15, 0.2) is 46.2 Å². The maximum Gasteiger partial charge on any atom is 0.262 e. The van der Waals surface area contributed by atoms with Crippen molar-refractivity contribution in [2.75, 3.05) is 11.9 Å². The van der Waals surface area contributed by atoms with Crippen molar-refractivity contribution in [3.63, 3.8) is 0 Å². The van der Waals surface area contributed by atoms with E-state index in [1.165, 1.54) is 27.9 Å². The second-order valence-corrected chi connectivity index (χ2v) is 9.53.